The summed E-state index contributed by atoms with van der Waals surface area (Å²) in [4.78, 5) is 13.9. The Kier molecular flexibility index (Phi) is 4.98. The molecule has 0 N–H and O–H groups in total. The molecule has 7 heteroatoms. The minimum Gasteiger partial charge on any atom is -0.493 e. The van der Waals surface area contributed by atoms with Crippen molar-refractivity contribution in [2.24, 2.45) is 0 Å². The topological polar surface area (TPSA) is 75.0 Å². The van der Waals surface area contributed by atoms with Gasteiger partial charge in [-0.25, -0.2) is 19.6 Å². The molecule has 152 valence electrons. The van der Waals surface area contributed by atoms with Crippen LogP contribution in [0.5, 0.6) is 11.5 Å². The number of hydrogen-bond donors (Lipinski definition) is 0. The Hall–Kier alpha value is -2.96. The summed E-state index contributed by atoms with van der Waals surface area (Å²) in [5.74, 6) is 4.40. The molecule has 0 aliphatic heterocycles. The minimum atomic E-state index is -0.215. The van der Waals surface area contributed by atoms with Crippen LogP contribution in [0.25, 0.3) is 11.4 Å². The van der Waals surface area contributed by atoms with E-state index in [0.717, 1.165) is 28.6 Å². The Morgan fingerprint density at radius 2 is 1.72 bits per heavy atom. The lowest BCUT2D eigenvalue weighted by molar-refractivity contribution is 0.354. The molecule has 0 spiro atoms. The van der Waals surface area contributed by atoms with Gasteiger partial charge in [0.1, 0.15) is 5.82 Å². The van der Waals surface area contributed by atoms with E-state index in [0.29, 0.717) is 23.8 Å². The molecule has 0 radical (unpaired) electrons. The quantitative estimate of drug-likeness (QED) is 0.631. The van der Waals surface area contributed by atoms with Crippen LogP contribution in [-0.4, -0.2) is 39.0 Å². The molecule has 0 atom stereocenters. The van der Waals surface area contributed by atoms with Gasteiger partial charge in [-0.15, -0.1) is 0 Å². The fourth-order valence-electron chi connectivity index (χ4n) is 3.26. The van der Waals surface area contributed by atoms with E-state index in [2.05, 4.69) is 30.7 Å². The summed E-state index contributed by atoms with van der Waals surface area (Å²) in [7, 11) is 3.27. The van der Waals surface area contributed by atoms with Gasteiger partial charge in [-0.2, -0.15) is 5.10 Å². The monoisotopic (exact) mass is 393 g/mol. The smallest absolute Gasteiger partial charge is 0.162 e. The lowest BCUT2D eigenvalue weighted by Gasteiger charge is -2.21. The van der Waals surface area contributed by atoms with Gasteiger partial charge in [0.2, 0.25) is 0 Å². The van der Waals surface area contributed by atoms with Crippen molar-refractivity contribution >= 4 is 0 Å². The second-order valence-electron chi connectivity index (χ2n) is 8.40. The van der Waals surface area contributed by atoms with E-state index in [9.17, 15) is 0 Å². The third-order valence-corrected chi connectivity index (χ3v) is 4.97. The molecule has 1 saturated carbocycles. The highest BCUT2D eigenvalue weighted by atomic mass is 16.5. The zero-order chi connectivity index (χ0) is 20.6. The number of hydrogen-bond acceptors (Lipinski definition) is 6. The first-order valence-corrected chi connectivity index (χ1v) is 9.88. The standard InChI is InChI=1S/C22H27N5O2/c1-22(2,3)27-21(16-12-23-20(24-13-16)15-7-8-15)25-19(26-27)11-14-6-9-17(28-4)18(10-14)29-5/h6,9-10,12-13,15H,7-8,11H2,1-5H3. The molecule has 2 heterocycles. The van der Waals surface area contributed by atoms with Crippen LogP contribution in [0.15, 0.2) is 30.6 Å². The molecule has 0 amide bonds. The third kappa shape index (κ3) is 4.09. The number of benzene rings is 1. The lowest BCUT2D eigenvalue weighted by atomic mass is 10.1. The van der Waals surface area contributed by atoms with Gasteiger partial charge in [0.05, 0.1) is 25.3 Å². The van der Waals surface area contributed by atoms with Gasteiger partial charge in [-0.05, 0) is 51.3 Å². The van der Waals surface area contributed by atoms with Crippen LogP contribution in [0.2, 0.25) is 0 Å². The molecule has 4 rings (SSSR count). The fourth-order valence-corrected chi connectivity index (χ4v) is 3.26. The second kappa shape index (κ2) is 7.46. The number of rotatable bonds is 6. The molecule has 3 aromatic rings. The molecule has 2 aromatic heterocycles. The first-order chi connectivity index (χ1) is 13.9. The third-order valence-electron chi connectivity index (χ3n) is 4.97. The maximum atomic E-state index is 5.42. The number of ether oxygens (including phenoxy) is 2. The maximum Gasteiger partial charge on any atom is 0.162 e. The molecule has 1 aliphatic carbocycles. The summed E-state index contributed by atoms with van der Waals surface area (Å²) in [6.45, 7) is 6.35. The normalized spacial score (nSPS) is 14.1. The van der Waals surface area contributed by atoms with Gasteiger partial charge in [0.15, 0.2) is 23.1 Å². The van der Waals surface area contributed by atoms with Crippen molar-refractivity contribution in [2.75, 3.05) is 14.2 Å². The van der Waals surface area contributed by atoms with Crippen LogP contribution in [0.1, 0.15) is 56.7 Å². The molecule has 0 saturated heterocycles. The first kappa shape index (κ1) is 19.4. The molecule has 0 bridgehead atoms. The van der Waals surface area contributed by atoms with Crippen LogP contribution in [0.4, 0.5) is 0 Å². The van der Waals surface area contributed by atoms with E-state index >= 15 is 0 Å². The van der Waals surface area contributed by atoms with Gasteiger partial charge >= 0.3 is 0 Å². The number of methoxy groups -OCH3 is 2. The summed E-state index contributed by atoms with van der Waals surface area (Å²) >= 11 is 0. The van der Waals surface area contributed by atoms with Gasteiger partial charge in [0, 0.05) is 24.7 Å². The predicted octanol–water partition coefficient (Wildman–Crippen LogP) is 3.98. The van der Waals surface area contributed by atoms with Crippen molar-refractivity contribution in [3.8, 4) is 22.9 Å². The summed E-state index contributed by atoms with van der Waals surface area (Å²) in [5, 5.41) is 4.80. The van der Waals surface area contributed by atoms with Crippen LogP contribution in [-0.2, 0) is 12.0 Å². The van der Waals surface area contributed by atoms with Crippen molar-refractivity contribution in [1.29, 1.82) is 0 Å². The lowest BCUT2D eigenvalue weighted by Crippen LogP contribution is -2.24. The summed E-state index contributed by atoms with van der Waals surface area (Å²) in [6, 6.07) is 5.87. The van der Waals surface area contributed by atoms with Crippen molar-refractivity contribution in [2.45, 2.75) is 51.5 Å². The predicted molar refractivity (Wildman–Crippen MR) is 110 cm³/mol. The molecule has 1 aliphatic rings. The Balaban J connectivity index is 1.66. The SMILES string of the molecule is COc1ccc(Cc2nc(-c3cnc(C4CC4)nc3)n(C(C)(C)C)n2)cc1OC. The van der Waals surface area contributed by atoms with Crippen LogP contribution >= 0.6 is 0 Å². The van der Waals surface area contributed by atoms with E-state index in [1.54, 1.807) is 14.2 Å². The molecule has 7 nitrogen and oxygen atoms in total. The van der Waals surface area contributed by atoms with E-state index in [1.807, 2.05) is 35.3 Å². The van der Waals surface area contributed by atoms with E-state index < -0.39 is 0 Å². The Morgan fingerprint density at radius 1 is 1.03 bits per heavy atom. The largest absolute Gasteiger partial charge is 0.493 e. The molecule has 29 heavy (non-hydrogen) atoms. The zero-order valence-corrected chi connectivity index (χ0v) is 17.6. The summed E-state index contributed by atoms with van der Waals surface area (Å²) < 4.78 is 12.7. The summed E-state index contributed by atoms with van der Waals surface area (Å²) in [5.41, 5.74) is 1.73. The molecule has 1 aromatic carbocycles. The van der Waals surface area contributed by atoms with Crippen LogP contribution in [0, 0.1) is 0 Å². The highest BCUT2D eigenvalue weighted by molar-refractivity contribution is 5.53. The van der Waals surface area contributed by atoms with E-state index in [-0.39, 0.29) is 5.54 Å². The van der Waals surface area contributed by atoms with Gasteiger partial charge in [0.25, 0.3) is 0 Å². The van der Waals surface area contributed by atoms with Crippen molar-refractivity contribution in [3.05, 3.63) is 47.8 Å². The Labute approximate surface area is 171 Å². The van der Waals surface area contributed by atoms with Gasteiger partial charge in [-0.3, -0.25) is 0 Å². The molecular formula is C22H27N5O2. The highest BCUT2D eigenvalue weighted by Crippen LogP contribution is 2.38. The van der Waals surface area contributed by atoms with Crippen molar-refractivity contribution < 1.29 is 9.47 Å². The number of nitrogens with zero attached hydrogens (tertiary/aromatic N) is 5. The zero-order valence-electron chi connectivity index (χ0n) is 17.6. The Bertz CT molecular complexity index is 1000. The Morgan fingerprint density at radius 3 is 2.31 bits per heavy atom. The highest BCUT2D eigenvalue weighted by Gasteiger charge is 2.27. The van der Waals surface area contributed by atoms with Crippen LogP contribution < -0.4 is 9.47 Å². The summed E-state index contributed by atoms with van der Waals surface area (Å²) in [6.07, 6.45) is 6.71. The van der Waals surface area contributed by atoms with Gasteiger partial charge < -0.3 is 9.47 Å². The maximum absolute atomic E-state index is 5.42. The number of aromatic nitrogens is 5. The average Bonchev–Trinajstić information content (AvgIpc) is 3.47. The van der Waals surface area contributed by atoms with E-state index in [4.69, 9.17) is 19.6 Å². The van der Waals surface area contributed by atoms with Crippen molar-refractivity contribution in [1.82, 2.24) is 24.7 Å². The van der Waals surface area contributed by atoms with Gasteiger partial charge in [-0.1, -0.05) is 6.07 Å². The molecule has 0 unspecified atom stereocenters. The molecular weight excluding hydrogens is 366 g/mol. The van der Waals surface area contributed by atoms with Crippen molar-refractivity contribution in [3.63, 3.8) is 0 Å². The first-order valence-electron chi connectivity index (χ1n) is 9.88. The average molecular weight is 393 g/mol. The minimum absolute atomic E-state index is 0.215. The second-order valence-corrected chi connectivity index (χ2v) is 8.40. The molecule has 1 fully saturated rings. The van der Waals surface area contributed by atoms with E-state index in [1.165, 1.54) is 12.8 Å². The van der Waals surface area contributed by atoms with Crippen LogP contribution in [0.3, 0.4) is 0 Å². The fraction of sp³-hybridized carbons (Fsp3) is 0.455.